The van der Waals surface area contributed by atoms with Crippen LogP contribution in [-0.4, -0.2) is 15.9 Å². The van der Waals surface area contributed by atoms with Gasteiger partial charge in [0.25, 0.3) is 0 Å². The van der Waals surface area contributed by atoms with E-state index in [4.69, 9.17) is 10.9 Å². The summed E-state index contributed by atoms with van der Waals surface area (Å²) in [6.07, 6.45) is 17.4. The maximum absolute atomic E-state index is 10.8. The van der Waals surface area contributed by atoms with Gasteiger partial charge in [0, 0.05) is 11.5 Å². The molecule has 0 amide bonds. The number of aromatic nitrogens is 1. The highest BCUT2D eigenvalue weighted by Crippen LogP contribution is 2.63. The molecule has 3 heteroatoms. The van der Waals surface area contributed by atoms with Crippen LogP contribution >= 0.6 is 0 Å². The second-order valence-electron chi connectivity index (χ2n) is 8.74. The molecular weight excluding hydrogens is 298 g/mol. The summed E-state index contributed by atoms with van der Waals surface area (Å²) in [6, 6.07) is 0. The van der Waals surface area contributed by atoms with E-state index in [2.05, 4.69) is 24.1 Å². The first-order chi connectivity index (χ1) is 11.5. The summed E-state index contributed by atoms with van der Waals surface area (Å²) in [5, 5.41) is 14.8. The van der Waals surface area contributed by atoms with Gasteiger partial charge in [-0.2, -0.15) is 0 Å². The summed E-state index contributed by atoms with van der Waals surface area (Å²) < 4.78 is 5.42. The molecule has 1 N–H and O–H groups in total. The molecule has 1 unspecified atom stereocenters. The molecule has 0 spiro atoms. The van der Waals surface area contributed by atoms with Gasteiger partial charge in [0.2, 0.25) is 0 Å². The van der Waals surface area contributed by atoms with Gasteiger partial charge in [0.05, 0.1) is 6.20 Å². The number of fused-ring (bicyclic) bond motifs is 6. The second kappa shape index (κ2) is 4.76. The van der Waals surface area contributed by atoms with Crippen molar-refractivity contribution in [3.8, 4) is 12.3 Å². The van der Waals surface area contributed by atoms with Crippen LogP contribution < -0.4 is 0 Å². The van der Waals surface area contributed by atoms with E-state index in [1.165, 1.54) is 18.4 Å². The summed E-state index contributed by atoms with van der Waals surface area (Å²) in [7, 11) is 0. The molecule has 3 fully saturated rings. The van der Waals surface area contributed by atoms with E-state index in [-0.39, 0.29) is 5.41 Å². The highest BCUT2D eigenvalue weighted by molar-refractivity contribution is 5.57. The minimum Gasteiger partial charge on any atom is -0.377 e. The van der Waals surface area contributed by atoms with Gasteiger partial charge in [-0.05, 0) is 74.2 Å². The van der Waals surface area contributed by atoms with Crippen LogP contribution in [0.3, 0.4) is 0 Å². The van der Waals surface area contributed by atoms with E-state index in [9.17, 15) is 5.11 Å². The van der Waals surface area contributed by atoms with Crippen molar-refractivity contribution in [2.45, 2.75) is 57.5 Å². The summed E-state index contributed by atoms with van der Waals surface area (Å²) in [4.78, 5) is 0. The third-order valence-corrected chi connectivity index (χ3v) is 7.93. The van der Waals surface area contributed by atoms with Gasteiger partial charge in [-0.25, -0.2) is 0 Å². The van der Waals surface area contributed by atoms with Crippen molar-refractivity contribution in [2.75, 3.05) is 0 Å². The maximum Gasteiger partial charge on any atom is 0.162 e. The zero-order chi connectivity index (χ0) is 16.5. The van der Waals surface area contributed by atoms with Crippen LogP contribution in [0, 0.1) is 41.4 Å². The average molecular weight is 323 g/mol. The van der Waals surface area contributed by atoms with Crippen molar-refractivity contribution in [2.24, 2.45) is 29.1 Å². The van der Waals surface area contributed by atoms with E-state index in [1.54, 1.807) is 5.57 Å². The van der Waals surface area contributed by atoms with Crippen LogP contribution in [0.2, 0.25) is 0 Å². The largest absolute Gasteiger partial charge is 0.377 e. The van der Waals surface area contributed by atoms with Crippen molar-refractivity contribution in [3.05, 3.63) is 23.1 Å². The minimum absolute atomic E-state index is 0.225. The Morgan fingerprint density at radius 1 is 1.25 bits per heavy atom. The Bertz CT molecular complexity index is 756. The third-order valence-electron chi connectivity index (χ3n) is 7.93. The molecule has 0 saturated heterocycles. The van der Waals surface area contributed by atoms with Crippen LogP contribution in [0.5, 0.6) is 0 Å². The van der Waals surface area contributed by atoms with Gasteiger partial charge in [-0.15, -0.1) is 6.42 Å². The Morgan fingerprint density at radius 3 is 2.88 bits per heavy atom. The molecule has 126 valence electrons. The highest BCUT2D eigenvalue weighted by atomic mass is 16.5. The molecule has 1 aromatic heterocycles. The maximum atomic E-state index is 10.8. The van der Waals surface area contributed by atoms with Crippen molar-refractivity contribution in [3.63, 3.8) is 0 Å². The molecule has 1 heterocycles. The second-order valence-corrected chi connectivity index (χ2v) is 8.74. The van der Waals surface area contributed by atoms with Crippen LogP contribution in [0.4, 0.5) is 0 Å². The van der Waals surface area contributed by atoms with Crippen molar-refractivity contribution in [1.29, 1.82) is 0 Å². The number of allylic oxidation sites excluding steroid dienone is 1. The molecule has 3 nitrogen and oxygen atoms in total. The SMILES string of the molecule is C#C[C@]1(O)CC[C@@H]2C1CC[C@H]1[C@H]2CCC2=Cc3oncc3C[C@@]21C. The predicted octanol–water partition coefficient (Wildman–Crippen LogP) is 3.83. The normalized spacial score (nSPS) is 46.1. The lowest BCUT2D eigenvalue weighted by atomic mass is 9.49. The van der Waals surface area contributed by atoms with E-state index < -0.39 is 5.60 Å². The van der Waals surface area contributed by atoms with Gasteiger partial charge in [-0.3, -0.25) is 0 Å². The molecule has 0 bridgehead atoms. The molecule has 6 atom stereocenters. The molecular formula is C21H25NO2. The van der Waals surface area contributed by atoms with Crippen LogP contribution in [-0.2, 0) is 6.42 Å². The fraction of sp³-hybridized carbons (Fsp3) is 0.667. The summed E-state index contributed by atoms with van der Waals surface area (Å²) in [5.74, 6) is 6.02. The summed E-state index contributed by atoms with van der Waals surface area (Å²) >= 11 is 0. The Hall–Kier alpha value is -1.53. The zero-order valence-electron chi connectivity index (χ0n) is 14.3. The number of nitrogens with zero attached hydrogens (tertiary/aromatic N) is 1. The van der Waals surface area contributed by atoms with Crippen molar-refractivity contribution in [1.82, 2.24) is 5.16 Å². The fourth-order valence-electron chi connectivity index (χ4n) is 6.75. The Labute approximate surface area is 143 Å². The quantitative estimate of drug-likeness (QED) is 0.738. The van der Waals surface area contributed by atoms with Gasteiger partial charge in [0.1, 0.15) is 5.60 Å². The minimum atomic E-state index is -0.846. The van der Waals surface area contributed by atoms with E-state index in [0.717, 1.165) is 37.9 Å². The number of rotatable bonds is 0. The van der Waals surface area contributed by atoms with E-state index >= 15 is 0 Å². The van der Waals surface area contributed by atoms with E-state index in [1.807, 2.05) is 6.20 Å². The lowest BCUT2D eigenvalue weighted by Gasteiger charge is -2.55. The van der Waals surface area contributed by atoms with Crippen LogP contribution in [0.25, 0.3) is 6.08 Å². The first-order valence-corrected chi connectivity index (χ1v) is 9.40. The predicted molar refractivity (Wildman–Crippen MR) is 91.7 cm³/mol. The molecule has 0 aromatic carbocycles. The van der Waals surface area contributed by atoms with Gasteiger partial charge >= 0.3 is 0 Å². The summed E-state index contributed by atoms with van der Waals surface area (Å²) in [6.45, 7) is 2.45. The number of hydrogen-bond donors (Lipinski definition) is 1. The highest BCUT2D eigenvalue weighted by Gasteiger charge is 2.58. The average Bonchev–Trinajstić information content (AvgIpc) is 3.17. The molecule has 4 aliphatic rings. The van der Waals surface area contributed by atoms with Crippen molar-refractivity contribution < 1.29 is 9.63 Å². The lowest BCUT2D eigenvalue weighted by molar-refractivity contribution is -0.0379. The molecule has 0 radical (unpaired) electrons. The molecule has 3 saturated carbocycles. The van der Waals surface area contributed by atoms with Gasteiger partial charge < -0.3 is 9.63 Å². The Kier molecular flexibility index (Phi) is 2.93. The summed E-state index contributed by atoms with van der Waals surface area (Å²) in [5.41, 5.74) is 2.19. The first-order valence-electron chi connectivity index (χ1n) is 9.40. The number of terminal acetylenes is 1. The molecule has 1 aromatic rings. The molecule has 0 aliphatic heterocycles. The van der Waals surface area contributed by atoms with Crippen molar-refractivity contribution >= 4 is 6.08 Å². The smallest absolute Gasteiger partial charge is 0.162 e. The van der Waals surface area contributed by atoms with Crippen LogP contribution in [0.15, 0.2) is 16.3 Å². The molecule has 5 rings (SSSR count). The third kappa shape index (κ3) is 1.76. The monoisotopic (exact) mass is 323 g/mol. The fourth-order valence-corrected chi connectivity index (χ4v) is 6.75. The standard InChI is InChI=1S/C21H25NO2/c1-3-21(23)9-8-16-15-5-4-14-10-19-13(12-22-24-19)11-20(14,2)17(15)6-7-18(16)21/h1,10,12,15-18,23H,4-9,11H2,2H3/t15-,16-,17-,18?,20-,21-/m0/s1. The first kappa shape index (κ1) is 14.8. The zero-order valence-corrected chi connectivity index (χ0v) is 14.3. The Balaban J connectivity index is 1.50. The van der Waals surface area contributed by atoms with Gasteiger partial charge in [-0.1, -0.05) is 23.6 Å². The van der Waals surface area contributed by atoms with E-state index in [0.29, 0.717) is 23.7 Å². The number of aliphatic hydroxyl groups is 1. The number of hydrogen-bond acceptors (Lipinski definition) is 3. The Morgan fingerprint density at radius 2 is 2.04 bits per heavy atom. The topological polar surface area (TPSA) is 46.3 Å². The van der Waals surface area contributed by atoms with Gasteiger partial charge in [0.15, 0.2) is 5.76 Å². The molecule has 4 aliphatic carbocycles. The molecule has 24 heavy (non-hydrogen) atoms. The van der Waals surface area contributed by atoms with Crippen LogP contribution in [0.1, 0.15) is 56.8 Å². The lowest BCUT2D eigenvalue weighted by Crippen LogP contribution is -2.49.